The van der Waals surface area contributed by atoms with E-state index in [4.69, 9.17) is 14.9 Å². The molecular formula is C12H15N3O6S. The molecule has 0 bridgehead atoms. The van der Waals surface area contributed by atoms with E-state index in [-0.39, 0.29) is 28.9 Å². The number of sulfonamides is 1. The Bertz CT molecular complexity index is 770. The van der Waals surface area contributed by atoms with Crippen molar-refractivity contribution in [2.24, 2.45) is 0 Å². The van der Waals surface area contributed by atoms with E-state index < -0.39 is 16.0 Å². The van der Waals surface area contributed by atoms with Crippen molar-refractivity contribution < 1.29 is 26.9 Å². The van der Waals surface area contributed by atoms with Crippen LogP contribution in [0.3, 0.4) is 0 Å². The molecule has 0 unspecified atom stereocenters. The van der Waals surface area contributed by atoms with Crippen molar-refractivity contribution in [2.75, 3.05) is 19.8 Å². The average Bonchev–Trinajstić information content (AvgIpc) is 3.04. The fraction of sp³-hybridized carbons (Fsp3) is 0.333. The standard InChI is InChI=1S/C12H15N3O6S/c1-7-10(11(13)21-14-7)12(16)19-6-8-4-5-9(20-8)22(17,18)15(2)3/h4-5H,6,13H2,1-3H3. The molecule has 0 radical (unpaired) electrons. The zero-order chi connectivity index (χ0) is 16.5. The molecule has 0 amide bonds. The van der Waals surface area contributed by atoms with Crippen molar-refractivity contribution in [1.29, 1.82) is 0 Å². The number of furan rings is 1. The summed E-state index contributed by atoms with van der Waals surface area (Å²) in [6, 6.07) is 2.70. The van der Waals surface area contributed by atoms with E-state index in [0.717, 1.165) is 4.31 Å². The Morgan fingerprint density at radius 3 is 2.64 bits per heavy atom. The predicted molar refractivity (Wildman–Crippen MR) is 74.4 cm³/mol. The van der Waals surface area contributed by atoms with Gasteiger partial charge in [-0.05, 0) is 19.1 Å². The smallest absolute Gasteiger partial charge is 0.346 e. The minimum Gasteiger partial charge on any atom is -0.454 e. The Morgan fingerprint density at radius 2 is 2.09 bits per heavy atom. The van der Waals surface area contributed by atoms with Gasteiger partial charge in [-0.2, -0.15) is 0 Å². The molecule has 0 fully saturated rings. The number of nitrogens with zero attached hydrogens (tertiary/aromatic N) is 2. The summed E-state index contributed by atoms with van der Waals surface area (Å²) in [5.41, 5.74) is 5.81. The Balaban J connectivity index is 2.08. The summed E-state index contributed by atoms with van der Waals surface area (Å²) in [6.45, 7) is 1.30. The molecule has 0 saturated carbocycles. The van der Waals surface area contributed by atoms with Crippen molar-refractivity contribution in [3.05, 3.63) is 29.2 Å². The average molecular weight is 329 g/mol. The van der Waals surface area contributed by atoms with E-state index in [1.165, 1.54) is 26.2 Å². The number of ether oxygens (including phenoxy) is 1. The lowest BCUT2D eigenvalue weighted by molar-refractivity contribution is 0.0440. The van der Waals surface area contributed by atoms with Crippen LogP contribution in [-0.4, -0.2) is 37.9 Å². The second kappa shape index (κ2) is 5.81. The molecule has 0 spiro atoms. The van der Waals surface area contributed by atoms with E-state index >= 15 is 0 Å². The fourth-order valence-electron chi connectivity index (χ4n) is 1.60. The maximum atomic E-state index is 11.9. The number of hydrogen-bond acceptors (Lipinski definition) is 8. The van der Waals surface area contributed by atoms with Gasteiger partial charge in [0.2, 0.25) is 11.0 Å². The van der Waals surface area contributed by atoms with E-state index in [9.17, 15) is 13.2 Å². The molecule has 0 aliphatic heterocycles. The molecule has 2 aromatic rings. The van der Waals surface area contributed by atoms with Crippen LogP contribution in [0.25, 0.3) is 0 Å². The van der Waals surface area contributed by atoms with Crippen LogP contribution in [0.1, 0.15) is 21.8 Å². The summed E-state index contributed by atoms with van der Waals surface area (Å²) >= 11 is 0. The van der Waals surface area contributed by atoms with E-state index in [2.05, 4.69) is 9.68 Å². The first kappa shape index (κ1) is 16.0. The maximum Gasteiger partial charge on any atom is 0.346 e. The summed E-state index contributed by atoms with van der Waals surface area (Å²) in [4.78, 5) is 11.9. The topological polar surface area (TPSA) is 129 Å². The molecule has 2 heterocycles. The van der Waals surface area contributed by atoms with Crippen molar-refractivity contribution in [3.8, 4) is 0 Å². The summed E-state index contributed by atoms with van der Waals surface area (Å²) in [6.07, 6.45) is 0. The van der Waals surface area contributed by atoms with Gasteiger partial charge in [-0.25, -0.2) is 17.5 Å². The quantitative estimate of drug-likeness (QED) is 0.796. The number of carbonyl (C=O) groups excluding carboxylic acids is 1. The Labute approximate surface area is 126 Å². The van der Waals surface area contributed by atoms with Crippen molar-refractivity contribution in [3.63, 3.8) is 0 Å². The molecule has 0 aromatic carbocycles. The molecule has 10 heteroatoms. The van der Waals surface area contributed by atoms with Gasteiger partial charge in [0.05, 0.1) is 5.69 Å². The van der Waals surface area contributed by atoms with Crippen LogP contribution in [0.15, 0.2) is 26.2 Å². The third kappa shape index (κ3) is 2.97. The van der Waals surface area contributed by atoms with Gasteiger partial charge in [-0.3, -0.25) is 0 Å². The zero-order valence-electron chi connectivity index (χ0n) is 12.2. The maximum absolute atomic E-state index is 11.9. The van der Waals surface area contributed by atoms with Crippen LogP contribution < -0.4 is 5.73 Å². The number of esters is 1. The van der Waals surface area contributed by atoms with Crippen LogP contribution in [-0.2, 0) is 21.4 Å². The summed E-state index contributed by atoms with van der Waals surface area (Å²) in [5, 5.41) is 3.31. The third-order valence-electron chi connectivity index (χ3n) is 2.81. The Kier molecular flexibility index (Phi) is 4.24. The number of carbonyl (C=O) groups is 1. The van der Waals surface area contributed by atoms with Gasteiger partial charge in [0.15, 0.2) is 0 Å². The molecule has 2 rings (SSSR count). The SMILES string of the molecule is Cc1noc(N)c1C(=O)OCc1ccc(S(=O)(=O)N(C)C)o1. The Morgan fingerprint density at radius 1 is 1.41 bits per heavy atom. The lowest BCUT2D eigenvalue weighted by Gasteiger charge is -2.07. The highest BCUT2D eigenvalue weighted by Crippen LogP contribution is 2.20. The number of rotatable bonds is 5. The molecule has 0 atom stereocenters. The van der Waals surface area contributed by atoms with Gasteiger partial charge < -0.3 is 19.4 Å². The number of aryl methyl sites for hydroxylation is 1. The predicted octanol–water partition coefficient (Wildman–Crippen LogP) is 0.766. The van der Waals surface area contributed by atoms with E-state index in [0.29, 0.717) is 5.69 Å². The summed E-state index contributed by atoms with van der Waals surface area (Å²) < 4.78 is 39.5. The number of nitrogen functional groups attached to an aromatic ring is 1. The van der Waals surface area contributed by atoms with Gasteiger partial charge in [0.1, 0.15) is 17.9 Å². The van der Waals surface area contributed by atoms with Crippen molar-refractivity contribution in [1.82, 2.24) is 9.46 Å². The van der Waals surface area contributed by atoms with Gasteiger partial charge in [0, 0.05) is 14.1 Å². The van der Waals surface area contributed by atoms with Gasteiger partial charge >= 0.3 is 5.97 Å². The van der Waals surface area contributed by atoms with E-state index in [1.807, 2.05) is 0 Å². The van der Waals surface area contributed by atoms with Gasteiger partial charge in [0.25, 0.3) is 10.0 Å². The minimum absolute atomic E-state index is 0.0349. The first-order valence-electron chi connectivity index (χ1n) is 6.13. The first-order valence-corrected chi connectivity index (χ1v) is 7.57. The highest BCUT2D eigenvalue weighted by Gasteiger charge is 2.23. The molecule has 2 aromatic heterocycles. The van der Waals surface area contributed by atoms with Crippen LogP contribution in [0.4, 0.5) is 5.88 Å². The Hall–Kier alpha value is -2.33. The number of nitrogens with two attached hydrogens (primary N) is 1. The minimum atomic E-state index is -3.67. The molecule has 0 saturated heterocycles. The normalized spacial score (nSPS) is 11.8. The molecule has 0 aliphatic carbocycles. The lowest BCUT2D eigenvalue weighted by Crippen LogP contribution is -2.21. The number of aromatic nitrogens is 1. The highest BCUT2D eigenvalue weighted by molar-refractivity contribution is 7.88. The fourth-order valence-corrected chi connectivity index (χ4v) is 2.41. The first-order chi connectivity index (χ1) is 10.2. The molecule has 22 heavy (non-hydrogen) atoms. The second-order valence-electron chi connectivity index (χ2n) is 4.59. The lowest BCUT2D eigenvalue weighted by atomic mass is 10.2. The van der Waals surface area contributed by atoms with Crippen LogP contribution in [0, 0.1) is 6.92 Å². The van der Waals surface area contributed by atoms with Crippen molar-refractivity contribution in [2.45, 2.75) is 18.6 Å². The van der Waals surface area contributed by atoms with E-state index in [1.54, 1.807) is 6.92 Å². The zero-order valence-corrected chi connectivity index (χ0v) is 13.0. The summed E-state index contributed by atoms with van der Waals surface area (Å²) in [5.74, 6) is -0.691. The van der Waals surface area contributed by atoms with Gasteiger partial charge in [-0.15, -0.1) is 0 Å². The van der Waals surface area contributed by atoms with Gasteiger partial charge in [-0.1, -0.05) is 5.16 Å². The second-order valence-corrected chi connectivity index (χ2v) is 6.67. The monoisotopic (exact) mass is 329 g/mol. The van der Waals surface area contributed by atoms with Crippen molar-refractivity contribution >= 4 is 21.9 Å². The van der Waals surface area contributed by atoms with Crippen LogP contribution >= 0.6 is 0 Å². The third-order valence-corrected chi connectivity index (χ3v) is 4.50. The molecule has 120 valence electrons. The molecule has 0 aliphatic rings. The highest BCUT2D eigenvalue weighted by atomic mass is 32.2. The number of hydrogen-bond donors (Lipinski definition) is 1. The molecular weight excluding hydrogens is 314 g/mol. The summed E-state index contributed by atoms with van der Waals surface area (Å²) in [7, 11) is -0.902. The molecule has 9 nitrogen and oxygen atoms in total. The van der Waals surface area contributed by atoms with Crippen LogP contribution in [0.2, 0.25) is 0 Å². The molecule has 2 N–H and O–H groups in total. The largest absolute Gasteiger partial charge is 0.454 e. The van der Waals surface area contributed by atoms with Crippen LogP contribution in [0.5, 0.6) is 0 Å². The number of anilines is 1.